The zero-order valence-corrected chi connectivity index (χ0v) is 17.7. The van der Waals surface area contributed by atoms with Gasteiger partial charge in [-0.2, -0.15) is 0 Å². The Bertz CT molecular complexity index is 494. The number of hydrogen-bond acceptors (Lipinski definition) is 4. The van der Waals surface area contributed by atoms with Gasteiger partial charge < -0.3 is 14.7 Å². The highest BCUT2D eigenvalue weighted by Gasteiger charge is 2.20. The molecule has 3 rings (SSSR count). The van der Waals surface area contributed by atoms with Crippen molar-refractivity contribution in [3.05, 3.63) is 18.0 Å². The first-order chi connectivity index (χ1) is 11.8. The molecule has 1 N–H and O–H groups in total. The van der Waals surface area contributed by atoms with Gasteiger partial charge in [0, 0.05) is 52.4 Å². The van der Waals surface area contributed by atoms with Crippen molar-refractivity contribution in [2.24, 2.45) is 10.9 Å². The SMILES string of the molecule is CN=C(NCCC1CCCCC1)N1CCN(Cc2ccon2)CC1.I. The first-order valence-electron chi connectivity index (χ1n) is 9.42. The van der Waals surface area contributed by atoms with Crippen LogP contribution in [0.5, 0.6) is 0 Å². The first-order valence-corrected chi connectivity index (χ1v) is 9.42. The molecule has 0 bridgehead atoms. The Labute approximate surface area is 168 Å². The number of nitrogens with one attached hydrogen (secondary N) is 1. The van der Waals surface area contributed by atoms with E-state index >= 15 is 0 Å². The molecule has 0 radical (unpaired) electrons. The predicted octanol–water partition coefficient (Wildman–Crippen LogP) is 2.96. The van der Waals surface area contributed by atoms with E-state index in [2.05, 4.69) is 25.3 Å². The van der Waals surface area contributed by atoms with Crippen molar-refractivity contribution in [2.75, 3.05) is 39.8 Å². The number of rotatable bonds is 5. The molecule has 1 saturated carbocycles. The van der Waals surface area contributed by atoms with Crippen LogP contribution in [0.15, 0.2) is 21.8 Å². The molecule has 0 atom stereocenters. The Balaban J connectivity index is 0.00000225. The third kappa shape index (κ3) is 6.44. The summed E-state index contributed by atoms with van der Waals surface area (Å²) in [5.41, 5.74) is 1.01. The fourth-order valence-electron chi connectivity index (χ4n) is 3.86. The molecule has 0 amide bonds. The maximum atomic E-state index is 4.91. The Morgan fingerprint density at radius 2 is 2.00 bits per heavy atom. The van der Waals surface area contributed by atoms with Gasteiger partial charge in [-0.25, -0.2) is 0 Å². The quantitative estimate of drug-likeness (QED) is 0.415. The zero-order chi connectivity index (χ0) is 16.6. The van der Waals surface area contributed by atoms with Gasteiger partial charge in [0.15, 0.2) is 5.96 Å². The van der Waals surface area contributed by atoms with Gasteiger partial charge in [0.25, 0.3) is 0 Å². The van der Waals surface area contributed by atoms with E-state index in [1.807, 2.05) is 13.1 Å². The topological polar surface area (TPSA) is 56.9 Å². The van der Waals surface area contributed by atoms with Crippen LogP contribution in [0.4, 0.5) is 0 Å². The average molecular weight is 461 g/mol. The lowest BCUT2D eigenvalue weighted by Crippen LogP contribution is -2.52. The van der Waals surface area contributed by atoms with E-state index in [-0.39, 0.29) is 24.0 Å². The van der Waals surface area contributed by atoms with Crippen LogP contribution in [0.2, 0.25) is 0 Å². The maximum Gasteiger partial charge on any atom is 0.193 e. The van der Waals surface area contributed by atoms with E-state index in [4.69, 9.17) is 4.52 Å². The molecule has 2 heterocycles. The van der Waals surface area contributed by atoms with Crippen molar-refractivity contribution >= 4 is 29.9 Å². The molecule has 0 unspecified atom stereocenters. The second-order valence-corrected chi connectivity index (χ2v) is 7.02. The monoisotopic (exact) mass is 461 g/mol. The highest BCUT2D eigenvalue weighted by Crippen LogP contribution is 2.25. The molecule has 142 valence electrons. The molecule has 2 fully saturated rings. The summed E-state index contributed by atoms with van der Waals surface area (Å²) in [6, 6.07) is 1.94. The van der Waals surface area contributed by atoms with Crippen molar-refractivity contribution < 1.29 is 4.52 Å². The number of halogens is 1. The van der Waals surface area contributed by atoms with E-state index in [1.54, 1.807) is 6.26 Å². The molecule has 1 saturated heterocycles. The number of nitrogens with zero attached hydrogens (tertiary/aromatic N) is 4. The fourth-order valence-corrected chi connectivity index (χ4v) is 3.86. The third-order valence-corrected chi connectivity index (χ3v) is 5.32. The molecule has 2 aliphatic rings. The minimum atomic E-state index is 0. The van der Waals surface area contributed by atoms with E-state index in [9.17, 15) is 0 Å². The summed E-state index contributed by atoms with van der Waals surface area (Å²) in [6.07, 6.45) is 10.0. The van der Waals surface area contributed by atoms with Crippen molar-refractivity contribution in [2.45, 2.75) is 45.1 Å². The number of hydrogen-bond donors (Lipinski definition) is 1. The summed E-state index contributed by atoms with van der Waals surface area (Å²) in [5, 5.41) is 7.58. The Kier molecular flexibility index (Phi) is 9.02. The molecule has 0 spiro atoms. The molecule has 1 aliphatic carbocycles. The third-order valence-electron chi connectivity index (χ3n) is 5.32. The van der Waals surface area contributed by atoms with Crippen LogP contribution >= 0.6 is 24.0 Å². The number of piperazine rings is 1. The van der Waals surface area contributed by atoms with Crippen LogP contribution in [0, 0.1) is 5.92 Å². The standard InChI is InChI=1S/C18H31N5O.HI/c1-19-18(20-9-7-16-5-3-2-4-6-16)23-12-10-22(11-13-23)15-17-8-14-24-21-17;/h8,14,16H,2-7,9-13,15H2,1H3,(H,19,20);1H. The van der Waals surface area contributed by atoms with Crippen LogP contribution in [0.25, 0.3) is 0 Å². The van der Waals surface area contributed by atoms with Crippen molar-refractivity contribution in [3.8, 4) is 0 Å². The van der Waals surface area contributed by atoms with Gasteiger partial charge in [0.05, 0.1) is 5.69 Å². The van der Waals surface area contributed by atoms with E-state index in [0.29, 0.717) is 0 Å². The average Bonchev–Trinajstić information content (AvgIpc) is 3.14. The second kappa shape index (κ2) is 11.0. The van der Waals surface area contributed by atoms with Gasteiger partial charge >= 0.3 is 0 Å². The lowest BCUT2D eigenvalue weighted by atomic mass is 9.87. The summed E-state index contributed by atoms with van der Waals surface area (Å²) in [6.45, 7) is 6.03. The molecular formula is C18H32IN5O. The fraction of sp³-hybridized carbons (Fsp3) is 0.778. The van der Waals surface area contributed by atoms with Gasteiger partial charge in [-0.15, -0.1) is 24.0 Å². The summed E-state index contributed by atoms with van der Waals surface area (Å²) in [5.74, 6) is 1.98. The van der Waals surface area contributed by atoms with Crippen LogP contribution in [0.3, 0.4) is 0 Å². The Morgan fingerprint density at radius 3 is 2.64 bits per heavy atom. The molecule has 1 aromatic heterocycles. The molecular weight excluding hydrogens is 429 g/mol. The summed E-state index contributed by atoms with van der Waals surface area (Å²) in [7, 11) is 1.89. The summed E-state index contributed by atoms with van der Waals surface area (Å²) in [4.78, 5) is 9.28. The van der Waals surface area contributed by atoms with E-state index in [1.165, 1.54) is 38.5 Å². The van der Waals surface area contributed by atoms with E-state index in [0.717, 1.165) is 56.8 Å². The molecule has 0 aromatic carbocycles. The zero-order valence-electron chi connectivity index (χ0n) is 15.3. The van der Waals surface area contributed by atoms with Crippen molar-refractivity contribution in [1.29, 1.82) is 0 Å². The van der Waals surface area contributed by atoms with Gasteiger partial charge in [-0.1, -0.05) is 37.3 Å². The van der Waals surface area contributed by atoms with Crippen molar-refractivity contribution in [3.63, 3.8) is 0 Å². The maximum absolute atomic E-state index is 4.91. The van der Waals surface area contributed by atoms with Crippen LogP contribution in [0.1, 0.15) is 44.2 Å². The van der Waals surface area contributed by atoms with E-state index < -0.39 is 0 Å². The van der Waals surface area contributed by atoms with Gasteiger partial charge in [-0.3, -0.25) is 9.89 Å². The number of aromatic nitrogens is 1. The Hall–Kier alpha value is -0.830. The molecule has 25 heavy (non-hydrogen) atoms. The molecule has 7 heteroatoms. The molecule has 1 aliphatic heterocycles. The van der Waals surface area contributed by atoms with Crippen LogP contribution < -0.4 is 5.32 Å². The first kappa shape index (κ1) is 20.5. The van der Waals surface area contributed by atoms with Crippen LogP contribution in [-0.2, 0) is 6.54 Å². The highest BCUT2D eigenvalue weighted by molar-refractivity contribution is 14.0. The largest absolute Gasteiger partial charge is 0.364 e. The normalized spacial score (nSPS) is 20.4. The van der Waals surface area contributed by atoms with Gasteiger partial charge in [0.1, 0.15) is 6.26 Å². The smallest absolute Gasteiger partial charge is 0.193 e. The summed E-state index contributed by atoms with van der Waals surface area (Å²) >= 11 is 0. The molecule has 6 nitrogen and oxygen atoms in total. The number of aliphatic imine (C=N–C) groups is 1. The summed E-state index contributed by atoms with van der Waals surface area (Å²) < 4.78 is 4.91. The predicted molar refractivity (Wildman–Crippen MR) is 111 cm³/mol. The highest BCUT2D eigenvalue weighted by atomic mass is 127. The second-order valence-electron chi connectivity index (χ2n) is 7.02. The van der Waals surface area contributed by atoms with Crippen molar-refractivity contribution in [1.82, 2.24) is 20.3 Å². The molecule has 1 aromatic rings. The van der Waals surface area contributed by atoms with Gasteiger partial charge in [-0.05, 0) is 12.3 Å². The lowest BCUT2D eigenvalue weighted by Gasteiger charge is -2.36. The lowest BCUT2D eigenvalue weighted by molar-refractivity contribution is 0.169. The minimum absolute atomic E-state index is 0. The number of guanidine groups is 1. The van der Waals surface area contributed by atoms with Gasteiger partial charge in [0.2, 0.25) is 0 Å². The minimum Gasteiger partial charge on any atom is -0.364 e. The van der Waals surface area contributed by atoms with Crippen LogP contribution in [-0.4, -0.2) is 60.7 Å². The Morgan fingerprint density at radius 1 is 1.24 bits per heavy atom.